The molecule has 2 nitrogen and oxygen atoms in total. The summed E-state index contributed by atoms with van der Waals surface area (Å²) >= 11 is 0. The summed E-state index contributed by atoms with van der Waals surface area (Å²) in [7, 11) is 0. The van der Waals surface area contributed by atoms with Gasteiger partial charge in [-0.25, -0.2) is 4.39 Å². The van der Waals surface area contributed by atoms with Gasteiger partial charge in [0.2, 0.25) is 0 Å². The number of piperazine rings is 1. The quantitative estimate of drug-likeness (QED) is 0.838. The van der Waals surface area contributed by atoms with E-state index in [2.05, 4.69) is 5.32 Å². The summed E-state index contributed by atoms with van der Waals surface area (Å²) in [6.07, 6.45) is -5.07. The van der Waals surface area contributed by atoms with Crippen LogP contribution in [0.2, 0.25) is 0 Å². The van der Waals surface area contributed by atoms with Crippen LogP contribution in [0.3, 0.4) is 0 Å². The van der Waals surface area contributed by atoms with Crippen molar-refractivity contribution in [1.82, 2.24) is 10.2 Å². The largest absolute Gasteiger partial charge is 0.389 e. The first-order valence-electron chi connectivity index (χ1n) is 7.15. The second-order valence-electron chi connectivity index (χ2n) is 5.41. The van der Waals surface area contributed by atoms with Gasteiger partial charge in [-0.3, -0.25) is 4.90 Å². The molecule has 1 aliphatic rings. The van der Waals surface area contributed by atoms with E-state index in [1.165, 1.54) is 6.07 Å². The maximum atomic E-state index is 13.7. The number of rotatable bonds is 4. The van der Waals surface area contributed by atoms with Crippen molar-refractivity contribution in [2.45, 2.75) is 32.0 Å². The van der Waals surface area contributed by atoms with Crippen LogP contribution in [0.25, 0.3) is 0 Å². The molecule has 0 amide bonds. The van der Waals surface area contributed by atoms with E-state index in [-0.39, 0.29) is 30.7 Å². The highest BCUT2D eigenvalue weighted by molar-refractivity contribution is 5.85. The molecule has 1 N–H and O–H groups in total. The van der Waals surface area contributed by atoms with Crippen LogP contribution in [0.1, 0.15) is 30.0 Å². The van der Waals surface area contributed by atoms with Gasteiger partial charge in [-0.15, -0.1) is 12.4 Å². The normalized spacial score (nSPS) is 17.9. The van der Waals surface area contributed by atoms with Crippen LogP contribution in [-0.4, -0.2) is 37.3 Å². The Labute approximate surface area is 134 Å². The highest BCUT2D eigenvalue weighted by Gasteiger charge is 2.32. The smallest absolute Gasteiger partial charge is 0.314 e. The Kier molecular flexibility index (Phi) is 7.09. The van der Waals surface area contributed by atoms with Crippen molar-refractivity contribution in [3.05, 3.63) is 35.1 Å². The topological polar surface area (TPSA) is 15.3 Å². The van der Waals surface area contributed by atoms with Gasteiger partial charge in [0.15, 0.2) is 0 Å². The molecule has 22 heavy (non-hydrogen) atoms. The van der Waals surface area contributed by atoms with Gasteiger partial charge in [-0.2, -0.15) is 13.2 Å². The average Bonchev–Trinajstić information content (AvgIpc) is 2.43. The Morgan fingerprint density at radius 3 is 2.45 bits per heavy atom. The lowest BCUT2D eigenvalue weighted by atomic mass is 9.95. The third kappa shape index (κ3) is 5.11. The summed E-state index contributed by atoms with van der Waals surface area (Å²) in [6.45, 7) is 4.48. The number of alkyl halides is 3. The van der Waals surface area contributed by atoms with Gasteiger partial charge < -0.3 is 5.32 Å². The van der Waals surface area contributed by atoms with E-state index in [1.807, 2.05) is 4.90 Å². The molecule has 7 heteroatoms. The molecule has 0 spiro atoms. The maximum Gasteiger partial charge on any atom is 0.389 e. The lowest BCUT2D eigenvalue weighted by molar-refractivity contribution is -0.138. The van der Waals surface area contributed by atoms with Crippen molar-refractivity contribution in [2.24, 2.45) is 0 Å². The van der Waals surface area contributed by atoms with Crippen molar-refractivity contribution >= 4 is 12.4 Å². The molecule has 0 saturated carbocycles. The number of nitrogens with zero attached hydrogens (tertiary/aromatic N) is 1. The number of halogens is 5. The monoisotopic (exact) mass is 340 g/mol. The SMILES string of the molecule is Cc1c(F)cccc1[C@H](CCC(F)(F)F)N1CCNCC1.Cl. The van der Waals surface area contributed by atoms with Crippen LogP contribution in [-0.2, 0) is 0 Å². The fourth-order valence-corrected chi connectivity index (χ4v) is 2.81. The van der Waals surface area contributed by atoms with Gasteiger partial charge in [0.05, 0.1) is 0 Å². The molecule has 126 valence electrons. The molecule has 1 saturated heterocycles. The first-order valence-corrected chi connectivity index (χ1v) is 7.15. The first kappa shape index (κ1) is 19.2. The third-order valence-corrected chi connectivity index (χ3v) is 3.96. The van der Waals surface area contributed by atoms with E-state index < -0.39 is 12.6 Å². The lowest BCUT2D eigenvalue weighted by Gasteiger charge is -2.36. The van der Waals surface area contributed by atoms with Crippen LogP contribution in [0.5, 0.6) is 0 Å². The van der Waals surface area contributed by atoms with Crippen molar-refractivity contribution in [3.63, 3.8) is 0 Å². The summed E-state index contributed by atoms with van der Waals surface area (Å²) in [5.41, 5.74) is 1.12. The summed E-state index contributed by atoms with van der Waals surface area (Å²) in [6, 6.07) is 4.27. The molecule has 0 aliphatic carbocycles. The minimum atomic E-state index is -4.19. The van der Waals surface area contributed by atoms with Crippen LogP contribution in [0, 0.1) is 12.7 Å². The Morgan fingerprint density at radius 2 is 1.86 bits per heavy atom. The maximum absolute atomic E-state index is 13.7. The number of nitrogens with one attached hydrogen (secondary N) is 1. The summed E-state index contributed by atoms with van der Waals surface area (Å²) in [5, 5.41) is 3.18. The molecule has 1 aromatic rings. The molecular formula is C15H21ClF4N2. The van der Waals surface area contributed by atoms with E-state index in [9.17, 15) is 17.6 Å². The van der Waals surface area contributed by atoms with Gasteiger partial charge in [-0.1, -0.05) is 12.1 Å². The van der Waals surface area contributed by atoms with Crippen molar-refractivity contribution in [1.29, 1.82) is 0 Å². The Morgan fingerprint density at radius 1 is 1.23 bits per heavy atom. The van der Waals surface area contributed by atoms with Crippen molar-refractivity contribution in [2.75, 3.05) is 26.2 Å². The molecule has 0 unspecified atom stereocenters. The molecule has 1 atom stereocenters. The van der Waals surface area contributed by atoms with Crippen LogP contribution in [0.4, 0.5) is 17.6 Å². The zero-order valence-corrected chi connectivity index (χ0v) is 13.2. The standard InChI is InChI=1S/C15H20F4N2.ClH/c1-11-12(3-2-4-13(11)16)14(5-6-15(17,18)19)21-9-7-20-8-10-21;/h2-4,14,20H,5-10H2,1H3;1H/t14-;/m0./s1. The number of benzene rings is 1. The summed E-state index contributed by atoms with van der Waals surface area (Å²) in [4.78, 5) is 2.02. The van der Waals surface area contributed by atoms with Gasteiger partial charge in [0.25, 0.3) is 0 Å². The van der Waals surface area contributed by atoms with Crippen molar-refractivity contribution < 1.29 is 17.6 Å². The van der Waals surface area contributed by atoms with E-state index in [1.54, 1.807) is 19.1 Å². The number of hydrogen-bond donors (Lipinski definition) is 1. The predicted molar refractivity (Wildman–Crippen MR) is 80.9 cm³/mol. The minimum absolute atomic E-state index is 0. The fraction of sp³-hybridized carbons (Fsp3) is 0.600. The Bertz CT molecular complexity index is 473. The molecule has 2 rings (SSSR count). The van der Waals surface area contributed by atoms with Gasteiger partial charge in [0.1, 0.15) is 5.82 Å². The van der Waals surface area contributed by atoms with Gasteiger partial charge in [-0.05, 0) is 30.5 Å². The number of hydrogen-bond acceptors (Lipinski definition) is 2. The van der Waals surface area contributed by atoms with E-state index in [0.717, 1.165) is 13.1 Å². The molecule has 0 aromatic heterocycles. The molecular weight excluding hydrogens is 320 g/mol. The van der Waals surface area contributed by atoms with E-state index >= 15 is 0 Å². The zero-order chi connectivity index (χ0) is 15.5. The average molecular weight is 341 g/mol. The van der Waals surface area contributed by atoms with Crippen LogP contribution >= 0.6 is 12.4 Å². The predicted octanol–water partition coefficient (Wildman–Crippen LogP) is 3.84. The van der Waals surface area contributed by atoms with Crippen molar-refractivity contribution in [3.8, 4) is 0 Å². The van der Waals surface area contributed by atoms with Crippen LogP contribution in [0.15, 0.2) is 18.2 Å². The summed E-state index contributed by atoms with van der Waals surface area (Å²) < 4.78 is 51.4. The molecule has 0 bridgehead atoms. The lowest BCUT2D eigenvalue weighted by Crippen LogP contribution is -2.45. The highest BCUT2D eigenvalue weighted by Crippen LogP contribution is 2.33. The Balaban J connectivity index is 0.00000242. The second-order valence-corrected chi connectivity index (χ2v) is 5.41. The second kappa shape index (κ2) is 8.13. The molecule has 1 fully saturated rings. The van der Waals surface area contributed by atoms with E-state index in [0.29, 0.717) is 24.2 Å². The van der Waals surface area contributed by atoms with Gasteiger partial charge in [0, 0.05) is 38.6 Å². The zero-order valence-electron chi connectivity index (χ0n) is 12.4. The van der Waals surface area contributed by atoms with Gasteiger partial charge >= 0.3 is 6.18 Å². The summed E-state index contributed by atoms with van der Waals surface area (Å²) in [5.74, 6) is -0.361. The molecule has 0 radical (unpaired) electrons. The fourth-order valence-electron chi connectivity index (χ4n) is 2.81. The third-order valence-electron chi connectivity index (χ3n) is 3.96. The van der Waals surface area contributed by atoms with E-state index in [4.69, 9.17) is 0 Å². The first-order chi connectivity index (χ1) is 9.88. The molecule has 1 aliphatic heterocycles. The Hall–Kier alpha value is -0.850. The highest BCUT2D eigenvalue weighted by atomic mass is 35.5. The van der Waals surface area contributed by atoms with Crippen LogP contribution < -0.4 is 5.32 Å². The molecule has 1 heterocycles. The molecule has 1 aromatic carbocycles. The minimum Gasteiger partial charge on any atom is -0.314 e.